The van der Waals surface area contributed by atoms with Crippen LogP contribution in [0.25, 0.3) is 10.9 Å². The smallest absolute Gasteiger partial charge is 0.273 e. The van der Waals surface area contributed by atoms with Crippen molar-refractivity contribution in [2.45, 2.75) is 21.6 Å². The number of nitrogens with one attached hydrogen (secondary N) is 2. The number of nitrogens with zero attached hydrogens (tertiary/aromatic N) is 2. The van der Waals surface area contributed by atoms with Gasteiger partial charge < -0.3 is 15.5 Å². The number of carbonyl (C=O) groups excluding carboxylic acids is 1. The molecule has 8 nitrogen and oxygen atoms in total. The molecule has 4 rings (SSSR count). The van der Waals surface area contributed by atoms with Crippen LogP contribution < -0.4 is 9.62 Å². The highest BCUT2D eigenvalue weighted by molar-refractivity contribution is 8.00. The van der Waals surface area contributed by atoms with E-state index in [0.29, 0.717) is 28.0 Å². The molecule has 4 aromatic rings. The number of hydrogen-bond donors (Lipinski definition) is 3. The van der Waals surface area contributed by atoms with Gasteiger partial charge in [-0.1, -0.05) is 48.5 Å². The lowest BCUT2D eigenvalue weighted by molar-refractivity contribution is 0.0948. The van der Waals surface area contributed by atoms with Gasteiger partial charge in [-0.2, -0.15) is 0 Å². The number of para-hydroxylation sites is 1. The second kappa shape index (κ2) is 10.8. The summed E-state index contributed by atoms with van der Waals surface area (Å²) in [4.78, 5) is 16.1. The summed E-state index contributed by atoms with van der Waals surface area (Å²) >= 11 is 2.69. The first-order chi connectivity index (χ1) is 17.2. The molecule has 0 fully saturated rings. The molecule has 0 radical (unpaired) electrons. The molecule has 188 valence electrons. The minimum absolute atomic E-state index is 0.224. The number of carbonyl (C=O) groups is 1. The van der Waals surface area contributed by atoms with Gasteiger partial charge in [0.15, 0.2) is 0 Å². The second-order valence-corrected chi connectivity index (χ2v) is 13.0. The molecule has 0 aliphatic rings. The number of sulfonamides is 1. The van der Waals surface area contributed by atoms with Crippen LogP contribution >= 0.6 is 23.1 Å². The molecule has 1 atom stereocenters. The van der Waals surface area contributed by atoms with E-state index >= 15 is 0 Å². The van der Waals surface area contributed by atoms with Crippen molar-refractivity contribution in [1.29, 1.82) is 0 Å². The van der Waals surface area contributed by atoms with Gasteiger partial charge >= 0.3 is 0 Å². The predicted molar refractivity (Wildman–Crippen MR) is 147 cm³/mol. The largest absolute Gasteiger partial charge is 0.411 e. The Kier molecular flexibility index (Phi) is 7.72. The van der Waals surface area contributed by atoms with Gasteiger partial charge in [-0.3, -0.25) is 9.10 Å². The molecule has 1 unspecified atom stereocenters. The Morgan fingerprint density at radius 2 is 1.97 bits per heavy atom. The van der Waals surface area contributed by atoms with Gasteiger partial charge in [0.25, 0.3) is 15.9 Å². The van der Waals surface area contributed by atoms with Crippen molar-refractivity contribution in [2.24, 2.45) is 5.16 Å². The zero-order chi connectivity index (χ0) is 25.8. The van der Waals surface area contributed by atoms with Crippen molar-refractivity contribution in [3.63, 3.8) is 0 Å². The summed E-state index contributed by atoms with van der Waals surface area (Å²) in [7, 11) is -2.23. The number of thioether (sulfide) groups is 1. The molecule has 2 aromatic carbocycles. The molecule has 0 aliphatic carbocycles. The number of H-pyrrole nitrogens is 1. The van der Waals surface area contributed by atoms with Crippen LogP contribution in [0.4, 0.5) is 5.69 Å². The number of hydrogen-bond acceptors (Lipinski definition) is 7. The Bertz CT molecular complexity index is 1470. The van der Waals surface area contributed by atoms with E-state index in [0.717, 1.165) is 16.9 Å². The third-order valence-electron chi connectivity index (χ3n) is 5.67. The van der Waals surface area contributed by atoms with Crippen LogP contribution in [0.5, 0.6) is 0 Å². The number of thiophene rings is 1. The van der Waals surface area contributed by atoms with E-state index in [9.17, 15) is 18.4 Å². The standard InChI is InChI=1S/C25H26N4O4S3/c1-25(17-27-31,35-15-18-8-4-3-5-9-18)16-26-24(30)20-14-19-10-6-11-21(23(19)28-20)29(2)36(32,33)22-12-7-13-34-22/h3-14,17,28,31H,15-16H2,1-2H3,(H,26,30)/b27-17-. The quantitative estimate of drug-likeness (QED) is 0.149. The van der Waals surface area contributed by atoms with E-state index in [4.69, 9.17) is 0 Å². The van der Waals surface area contributed by atoms with Crippen LogP contribution in [0.15, 0.2) is 81.5 Å². The minimum atomic E-state index is -3.73. The molecule has 0 bridgehead atoms. The maximum absolute atomic E-state index is 13.0. The van der Waals surface area contributed by atoms with Crippen molar-refractivity contribution in [2.75, 3.05) is 17.9 Å². The van der Waals surface area contributed by atoms with E-state index in [1.54, 1.807) is 47.5 Å². The molecule has 0 aliphatic heterocycles. The molecule has 0 saturated heterocycles. The lowest BCUT2D eigenvalue weighted by Gasteiger charge is -2.24. The van der Waals surface area contributed by atoms with Gasteiger partial charge in [0, 0.05) is 24.7 Å². The fourth-order valence-electron chi connectivity index (χ4n) is 3.63. The zero-order valence-electron chi connectivity index (χ0n) is 19.7. The number of benzene rings is 2. The number of oxime groups is 1. The van der Waals surface area contributed by atoms with Crippen LogP contribution in [0.3, 0.4) is 0 Å². The Hall–Kier alpha value is -3.28. The molecule has 36 heavy (non-hydrogen) atoms. The Morgan fingerprint density at radius 3 is 2.67 bits per heavy atom. The molecular weight excluding hydrogens is 517 g/mol. The topological polar surface area (TPSA) is 115 Å². The van der Waals surface area contributed by atoms with E-state index in [2.05, 4.69) is 15.5 Å². The number of amides is 1. The third-order valence-corrected chi connectivity index (χ3v) is 10.2. The maximum atomic E-state index is 13.0. The highest BCUT2D eigenvalue weighted by Crippen LogP contribution is 2.31. The Labute approximate surface area is 218 Å². The molecule has 2 heterocycles. The van der Waals surface area contributed by atoms with Crippen molar-refractivity contribution < 1.29 is 18.4 Å². The third kappa shape index (κ3) is 5.58. The maximum Gasteiger partial charge on any atom is 0.273 e. The van der Waals surface area contributed by atoms with Crippen LogP contribution in [0.1, 0.15) is 23.0 Å². The van der Waals surface area contributed by atoms with Crippen molar-refractivity contribution in [3.05, 3.63) is 83.4 Å². The molecule has 3 N–H and O–H groups in total. The summed E-state index contributed by atoms with van der Waals surface area (Å²) in [5, 5.41) is 17.7. The monoisotopic (exact) mass is 542 g/mol. The lowest BCUT2D eigenvalue weighted by atomic mass is 10.2. The molecular formula is C25H26N4O4S3. The first-order valence-electron chi connectivity index (χ1n) is 11.0. The summed E-state index contributed by atoms with van der Waals surface area (Å²) in [6, 6.07) is 20.1. The molecule has 11 heteroatoms. The molecule has 1 amide bonds. The fourth-order valence-corrected chi connectivity index (χ4v) is 6.98. The Morgan fingerprint density at radius 1 is 1.19 bits per heavy atom. The normalized spacial score (nSPS) is 13.6. The van der Waals surface area contributed by atoms with Crippen molar-refractivity contribution in [1.82, 2.24) is 10.3 Å². The van der Waals surface area contributed by atoms with E-state index in [1.807, 2.05) is 43.3 Å². The predicted octanol–water partition coefficient (Wildman–Crippen LogP) is 4.94. The lowest BCUT2D eigenvalue weighted by Crippen LogP contribution is -2.39. The fraction of sp³-hybridized carbons (Fsp3) is 0.200. The number of rotatable bonds is 10. The summed E-state index contributed by atoms with van der Waals surface area (Å²) in [5.74, 6) is 0.332. The zero-order valence-corrected chi connectivity index (χ0v) is 22.2. The molecule has 2 aromatic heterocycles. The highest BCUT2D eigenvalue weighted by atomic mass is 32.2. The highest BCUT2D eigenvalue weighted by Gasteiger charge is 2.27. The van der Waals surface area contributed by atoms with Gasteiger partial charge in [0.1, 0.15) is 9.90 Å². The van der Waals surface area contributed by atoms with Crippen LogP contribution in [-0.4, -0.2) is 49.1 Å². The summed E-state index contributed by atoms with van der Waals surface area (Å²) in [6.07, 6.45) is 1.41. The van der Waals surface area contributed by atoms with Gasteiger partial charge in [0.05, 0.1) is 22.2 Å². The average molecular weight is 543 g/mol. The summed E-state index contributed by atoms with van der Waals surface area (Å²) < 4.78 is 26.9. The van der Waals surface area contributed by atoms with Gasteiger partial charge in [-0.05, 0) is 36.1 Å². The second-order valence-electron chi connectivity index (χ2n) is 8.34. The Balaban J connectivity index is 1.51. The first kappa shape index (κ1) is 25.8. The average Bonchev–Trinajstić information content (AvgIpc) is 3.57. The van der Waals surface area contributed by atoms with E-state index < -0.39 is 14.8 Å². The van der Waals surface area contributed by atoms with E-state index in [1.165, 1.54) is 17.6 Å². The van der Waals surface area contributed by atoms with E-state index in [-0.39, 0.29) is 16.7 Å². The molecule has 0 saturated carbocycles. The summed E-state index contributed by atoms with van der Waals surface area (Å²) in [6.45, 7) is 2.11. The van der Waals surface area contributed by atoms with Crippen LogP contribution in [0, 0.1) is 0 Å². The number of fused-ring (bicyclic) bond motifs is 1. The number of anilines is 1. The number of aromatic nitrogens is 1. The minimum Gasteiger partial charge on any atom is -0.411 e. The van der Waals surface area contributed by atoms with Crippen molar-refractivity contribution >= 4 is 61.8 Å². The number of aromatic amines is 1. The van der Waals surface area contributed by atoms with Crippen molar-refractivity contribution in [3.8, 4) is 0 Å². The van der Waals surface area contributed by atoms with Crippen LogP contribution in [-0.2, 0) is 15.8 Å². The van der Waals surface area contributed by atoms with Gasteiger partial charge in [-0.15, -0.1) is 28.3 Å². The van der Waals surface area contributed by atoms with Crippen LogP contribution in [0.2, 0.25) is 0 Å². The molecule has 0 spiro atoms. The van der Waals surface area contributed by atoms with Gasteiger partial charge in [0.2, 0.25) is 0 Å². The summed E-state index contributed by atoms with van der Waals surface area (Å²) in [5.41, 5.74) is 2.41. The first-order valence-corrected chi connectivity index (χ1v) is 14.3. The van der Waals surface area contributed by atoms with Gasteiger partial charge in [-0.25, -0.2) is 8.42 Å². The SMILES string of the molecule is CN(c1cccc2cc(C(=O)NCC(C)(/C=N\O)SCc3ccccc3)[nH]c12)S(=O)(=O)c1cccs1.